The lowest BCUT2D eigenvalue weighted by Gasteiger charge is -2.35. The number of hydrogen-bond donors (Lipinski definition) is 1. The SMILES string of the molecule is COC(=O)C1CSC2CCCc3ccccc3C2N1. The zero-order valence-corrected chi connectivity index (χ0v) is 11.9. The maximum absolute atomic E-state index is 11.7. The molecule has 0 saturated carbocycles. The van der Waals surface area contributed by atoms with Crippen LogP contribution in [0.2, 0.25) is 0 Å². The zero-order chi connectivity index (χ0) is 13.2. The third-order valence-electron chi connectivity index (χ3n) is 4.04. The van der Waals surface area contributed by atoms with Crippen LogP contribution in [-0.4, -0.2) is 30.1 Å². The molecule has 4 heteroatoms. The fraction of sp³-hybridized carbons (Fsp3) is 0.533. The number of carbonyl (C=O) groups is 1. The molecule has 19 heavy (non-hydrogen) atoms. The standard InChI is InChI=1S/C15H19NO2S/c1-18-15(17)12-9-19-13-8-4-6-10-5-2-3-7-11(10)14(13)16-12/h2-3,5,7,12-14,16H,4,6,8-9H2,1H3. The Labute approximate surface area is 118 Å². The quantitative estimate of drug-likeness (QED) is 0.800. The molecule has 0 spiro atoms. The van der Waals surface area contributed by atoms with Crippen LogP contribution < -0.4 is 5.32 Å². The van der Waals surface area contributed by atoms with Crippen molar-refractivity contribution < 1.29 is 9.53 Å². The van der Waals surface area contributed by atoms with E-state index in [4.69, 9.17) is 4.74 Å². The number of fused-ring (bicyclic) bond motifs is 3. The van der Waals surface area contributed by atoms with Gasteiger partial charge in [0.25, 0.3) is 0 Å². The second kappa shape index (κ2) is 5.55. The predicted octanol–water partition coefficient (Wildman–Crippen LogP) is 2.31. The third-order valence-corrected chi connectivity index (χ3v) is 5.50. The van der Waals surface area contributed by atoms with E-state index in [-0.39, 0.29) is 18.1 Å². The number of aryl methyl sites for hydroxylation is 1. The van der Waals surface area contributed by atoms with Crippen molar-refractivity contribution in [3.8, 4) is 0 Å². The van der Waals surface area contributed by atoms with Gasteiger partial charge >= 0.3 is 5.97 Å². The molecule has 102 valence electrons. The molecular formula is C15H19NO2S. The van der Waals surface area contributed by atoms with E-state index >= 15 is 0 Å². The van der Waals surface area contributed by atoms with Gasteiger partial charge in [0, 0.05) is 17.0 Å². The number of thioether (sulfide) groups is 1. The minimum absolute atomic E-state index is 0.146. The Morgan fingerprint density at radius 3 is 3.11 bits per heavy atom. The maximum Gasteiger partial charge on any atom is 0.323 e. The molecule has 3 nitrogen and oxygen atoms in total. The Kier molecular flexibility index (Phi) is 3.80. The van der Waals surface area contributed by atoms with Gasteiger partial charge in [0.15, 0.2) is 0 Å². The van der Waals surface area contributed by atoms with Crippen molar-refractivity contribution in [2.45, 2.75) is 36.6 Å². The summed E-state index contributed by atoms with van der Waals surface area (Å²) < 4.78 is 4.87. The molecule has 0 amide bonds. The molecule has 0 radical (unpaired) electrons. The molecule has 0 aromatic heterocycles. The molecule has 1 N–H and O–H groups in total. The summed E-state index contributed by atoms with van der Waals surface area (Å²) in [5.74, 6) is 0.670. The molecule has 1 aromatic rings. The molecule has 1 aliphatic heterocycles. The summed E-state index contributed by atoms with van der Waals surface area (Å²) in [6, 6.07) is 8.71. The largest absolute Gasteiger partial charge is 0.468 e. The fourth-order valence-electron chi connectivity index (χ4n) is 3.07. The highest BCUT2D eigenvalue weighted by Crippen LogP contribution is 2.39. The average Bonchev–Trinajstić information content (AvgIpc) is 2.65. The molecule has 3 rings (SSSR count). The van der Waals surface area contributed by atoms with E-state index in [0.717, 1.165) is 12.2 Å². The first-order valence-electron chi connectivity index (χ1n) is 6.83. The van der Waals surface area contributed by atoms with Gasteiger partial charge in [-0.15, -0.1) is 0 Å². The van der Waals surface area contributed by atoms with Crippen LogP contribution in [-0.2, 0) is 16.0 Å². The number of rotatable bonds is 1. The molecule has 3 unspecified atom stereocenters. The first-order valence-corrected chi connectivity index (χ1v) is 7.88. The molecule has 1 heterocycles. The lowest BCUT2D eigenvalue weighted by molar-refractivity contribution is -0.142. The molecule has 1 fully saturated rings. The Morgan fingerprint density at radius 1 is 1.42 bits per heavy atom. The van der Waals surface area contributed by atoms with Gasteiger partial charge in [0.2, 0.25) is 0 Å². The average molecular weight is 277 g/mol. The van der Waals surface area contributed by atoms with E-state index in [1.165, 1.54) is 31.1 Å². The Balaban J connectivity index is 1.89. The van der Waals surface area contributed by atoms with Crippen LogP contribution >= 0.6 is 11.8 Å². The monoisotopic (exact) mass is 277 g/mol. The number of methoxy groups -OCH3 is 1. The van der Waals surface area contributed by atoms with Crippen LogP contribution in [0, 0.1) is 0 Å². The van der Waals surface area contributed by atoms with Crippen molar-refractivity contribution in [2.24, 2.45) is 0 Å². The number of carbonyl (C=O) groups excluding carboxylic acids is 1. The van der Waals surface area contributed by atoms with Crippen LogP contribution in [0.25, 0.3) is 0 Å². The lowest BCUT2D eigenvalue weighted by atomic mass is 9.98. The summed E-state index contributed by atoms with van der Waals surface area (Å²) in [5, 5.41) is 4.08. The maximum atomic E-state index is 11.7. The number of nitrogens with one attached hydrogen (secondary N) is 1. The minimum Gasteiger partial charge on any atom is -0.468 e. The van der Waals surface area contributed by atoms with Gasteiger partial charge in [-0.1, -0.05) is 24.3 Å². The third kappa shape index (κ3) is 2.51. The zero-order valence-electron chi connectivity index (χ0n) is 11.1. The van der Waals surface area contributed by atoms with Crippen molar-refractivity contribution in [1.82, 2.24) is 5.32 Å². The smallest absolute Gasteiger partial charge is 0.323 e. The van der Waals surface area contributed by atoms with Crippen LogP contribution in [0.15, 0.2) is 24.3 Å². The van der Waals surface area contributed by atoms with Crippen LogP contribution in [0.1, 0.15) is 30.0 Å². The van der Waals surface area contributed by atoms with E-state index in [0.29, 0.717) is 5.25 Å². The van der Waals surface area contributed by atoms with E-state index in [9.17, 15) is 4.79 Å². The minimum atomic E-state index is -0.178. The van der Waals surface area contributed by atoms with Crippen LogP contribution in [0.5, 0.6) is 0 Å². The van der Waals surface area contributed by atoms with Gasteiger partial charge in [-0.25, -0.2) is 0 Å². The van der Waals surface area contributed by atoms with Crippen LogP contribution in [0.4, 0.5) is 0 Å². The first kappa shape index (κ1) is 13.0. The Hall–Kier alpha value is -1.00. The topological polar surface area (TPSA) is 38.3 Å². The molecule has 3 atom stereocenters. The summed E-state index contributed by atoms with van der Waals surface area (Å²) in [5.41, 5.74) is 2.79. The second-order valence-corrected chi connectivity index (χ2v) is 6.46. The van der Waals surface area contributed by atoms with Crippen molar-refractivity contribution in [1.29, 1.82) is 0 Å². The van der Waals surface area contributed by atoms with Crippen molar-refractivity contribution in [3.05, 3.63) is 35.4 Å². The molecular weight excluding hydrogens is 258 g/mol. The van der Waals surface area contributed by atoms with Crippen molar-refractivity contribution in [3.63, 3.8) is 0 Å². The molecule has 1 aromatic carbocycles. The highest BCUT2D eigenvalue weighted by atomic mass is 32.2. The van der Waals surface area contributed by atoms with E-state index in [1.807, 2.05) is 11.8 Å². The fourth-order valence-corrected chi connectivity index (χ4v) is 4.49. The number of hydrogen-bond acceptors (Lipinski definition) is 4. The lowest BCUT2D eigenvalue weighted by Crippen LogP contribution is -2.49. The second-order valence-electron chi connectivity index (χ2n) is 5.18. The Morgan fingerprint density at radius 2 is 2.26 bits per heavy atom. The molecule has 2 aliphatic rings. The molecule has 0 bridgehead atoms. The summed E-state index contributed by atoms with van der Waals surface area (Å²) >= 11 is 1.91. The summed E-state index contributed by atoms with van der Waals surface area (Å²) in [7, 11) is 1.46. The summed E-state index contributed by atoms with van der Waals surface area (Å²) in [4.78, 5) is 11.7. The summed E-state index contributed by atoms with van der Waals surface area (Å²) in [6.45, 7) is 0. The summed E-state index contributed by atoms with van der Waals surface area (Å²) in [6.07, 6.45) is 3.59. The number of benzene rings is 1. The number of ether oxygens (including phenoxy) is 1. The highest BCUT2D eigenvalue weighted by molar-refractivity contribution is 8.00. The van der Waals surface area contributed by atoms with E-state index < -0.39 is 0 Å². The van der Waals surface area contributed by atoms with E-state index in [1.54, 1.807) is 0 Å². The van der Waals surface area contributed by atoms with Gasteiger partial charge in [0.1, 0.15) is 6.04 Å². The van der Waals surface area contributed by atoms with Crippen molar-refractivity contribution >= 4 is 17.7 Å². The highest BCUT2D eigenvalue weighted by Gasteiger charge is 2.36. The van der Waals surface area contributed by atoms with Crippen LogP contribution in [0.3, 0.4) is 0 Å². The van der Waals surface area contributed by atoms with Gasteiger partial charge in [-0.2, -0.15) is 11.8 Å². The number of esters is 1. The van der Waals surface area contributed by atoms with Gasteiger partial charge in [0.05, 0.1) is 7.11 Å². The normalized spacial score (nSPS) is 29.8. The van der Waals surface area contributed by atoms with Crippen molar-refractivity contribution in [2.75, 3.05) is 12.9 Å². The molecule has 1 aliphatic carbocycles. The first-order chi connectivity index (χ1) is 9.29. The molecule has 1 saturated heterocycles. The van der Waals surface area contributed by atoms with Gasteiger partial charge < -0.3 is 4.74 Å². The predicted molar refractivity (Wildman–Crippen MR) is 77.3 cm³/mol. The van der Waals surface area contributed by atoms with Gasteiger partial charge in [-0.3, -0.25) is 10.1 Å². The van der Waals surface area contributed by atoms with Gasteiger partial charge in [-0.05, 0) is 30.4 Å². The van der Waals surface area contributed by atoms with E-state index in [2.05, 4.69) is 29.6 Å². The Bertz CT molecular complexity index is 477.